The second kappa shape index (κ2) is 6.26. The van der Waals surface area contributed by atoms with Crippen molar-refractivity contribution < 1.29 is 17.6 Å². The van der Waals surface area contributed by atoms with E-state index in [-0.39, 0.29) is 0 Å². The number of hydrogen-bond donors (Lipinski definition) is 1. The molecule has 0 atom stereocenters. The third kappa shape index (κ3) is 4.55. The van der Waals surface area contributed by atoms with E-state index in [2.05, 4.69) is 5.32 Å². The zero-order valence-corrected chi connectivity index (χ0v) is 10.0. The van der Waals surface area contributed by atoms with Crippen LogP contribution in [0.25, 0.3) is 0 Å². The lowest BCUT2D eigenvalue weighted by Gasteiger charge is -2.14. The molecule has 0 amide bonds. The van der Waals surface area contributed by atoms with Gasteiger partial charge in [-0.15, -0.1) is 11.8 Å². The fraction of sp³-hybridized carbons (Fsp3) is 0.455. The zero-order valence-electron chi connectivity index (χ0n) is 9.22. The second-order valence-corrected chi connectivity index (χ2v) is 4.57. The predicted molar refractivity (Wildman–Crippen MR) is 60.9 cm³/mol. The maximum Gasteiger partial charge on any atom is 0.316 e. The summed E-state index contributed by atoms with van der Waals surface area (Å²) in [6.45, 7) is 0.679. The van der Waals surface area contributed by atoms with E-state index in [1.165, 1.54) is 0 Å². The van der Waals surface area contributed by atoms with Gasteiger partial charge in [-0.25, -0.2) is 8.78 Å². The molecule has 0 spiro atoms. The highest BCUT2D eigenvalue weighted by Gasteiger charge is 2.40. The molecule has 0 bridgehead atoms. The molecule has 0 heterocycles. The summed E-state index contributed by atoms with van der Waals surface area (Å²) in [5, 5.41) is 2.95. The molecule has 0 aliphatic heterocycles. The van der Waals surface area contributed by atoms with Gasteiger partial charge in [0.1, 0.15) is 0 Å². The Balaban J connectivity index is 2.52. The molecule has 1 N–H and O–H groups in total. The number of rotatable bonds is 6. The van der Waals surface area contributed by atoms with Crippen LogP contribution < -0.4 is 5.32 Å². The monoisotopic (exact) mass is 267 g/mol. The smallest absolute Gasteiger partial charge is 0.316 e. The Kier molecular flexibility index (Phi) is 5.27. The van der Waals surface area contributed by atoms with Gasteiger partial charge in [-0.05, 0) is 24.7 Å². The lowest BCUT2D eigenvalue weighted by molar-refractivity contribution is -0.109. The summed E-state index contributed by atoms with van der Waals surface area (Å²) in [6.07, 6.45) is -3.61. The van der Waals surface area contributed by atoms with Crippen molar-refractivity contribution in [3.05, 3.63) is 29.8 Å². The van der Waals surface area contributed by atoms with Crippen LogP contribution in [-0.2, 0) is 6.54 Å². The van der Waals surface area contributed by atoms with Gasteiger partial charge in [0.2, 0.25) is 0 Å². The van der Waals surface area contributed by atoms with E-state index in [0.717, 1.165) is 17.3 Å². The first-order valence-corrected chi connectivity index (χ1v) is 5.96. The Bertz CT molecular complexity index is 340. The van der Waals surface area contributed by atoms with E-state index >= 15 is 0 Å². The quantitative estimate of drug-likeness (QED) is 0.626. The van der Waals surface area contributed by atoms with Gasteiger partial charge in [-0.1, -0.05) is 12.1 Å². The Morgan fingerprint density at radius 1 is 1.24 bits per heavy atom. The molecule has 1 rings (SSSR count). The Morgan fingerprint density at radius 2 is 1.82 bits per heavy atom. The van der Waals surface area contributed by atoms with Gasteiger partial charge in [-0.2, -0.15) is 8.78 Å². The van der Waals surface area contributed by atoms with Crippen LogP contribution in [0.1, 0.15) is 5.56 Å². The first-order valence-electron chi connectivity index (χ1n) is 4.98. The molecule has 0 fully saturated rings. The largest absolute Gasteiger partial charge is 0.316 e. The van der Waals surface area contributed by atoms with E-state index in [9.17, 15) is 17.6 Å². The maximum atomic E-state index is 12.7. The van der Waals surface area contributed by atoms with Crippen molar-refractivity contribution in [2.45, 2.75) is 23.8 Å². The van der Waals surface area contributed by atoms with Crippen LogP contribution in [0.15, 0.2) is 29.2 Å². The summed E-state index contributed by atoms with van der Waals surface area (Å²) in [4.78, 5) is 0.560. The van der Waals surface area contributed by atoms with Crippen molar-refractivity contribution in [1.82, 2.24) is 5.32 Å². The number of thioether (sulfide) groups is 1. The van der Waals surface area contributed by atoms with Crippen LogP contribution in [0.2, 0.25) is 0 Å². The molecule has 0 aliphatic rings. The van der Waals surface area contributed by atoms with Crippen LogP contribution >= 0.6 is 11.8 Å². The molecule has 0 saturated carbocycles. The number of nitrogens with one attached hydrogen (secondary N) is 1. The third-order valence-electron chi connectivity index (χ3n) is 2.05. The molecule has 1 aromatic rings. The van der Waals surface area contributed by atoms with Crippen LogP contribution in [0.5, 0.6) is 0 Å². The summed E-state index contributed by atoms with van der Waals surface area (Å²) in [5.41, 5.74) is 1.01. The average molecular weight is 267 g/mol. The topological polar surface area (TPSA) is 12.0 Å². The molecule has 0 aliphatic carbocycles. The number of halogens is 4. The Morgan fingerprint density at radius 3 is 2.29 bits per heavy atom. The van der Waals surface area contributed by atoms with Gasteiger partial charge in [0.15, 0.2) is 0 Å². The van der Waals surface area contributed by atoms with Gasteiger partial charge in [0.25, 0.3) is 0 Å². The molecule has 0 saturated heterocycles. The molecule has 1 nitrogen and oxygen atoms in total. The minimum Gasteiger partial charge on any atom is -0.316 e. The van der Waals surface area contributed by atoms with E-state index in [1.54, 1.807) is 31.3 Å². The average Bonchev–Trinajstić information content (AvgIpc) is 2.28. The molecule has 1 aromatic carbocycles. The standard InChI is InChI=1S/C11H13F4NS/c1-16-6-8-2-4-9(5-3-8)17-7-11(14,15)10(12)13/h2-5,10,16H,6-7H2,1H3. The molecule has 0 radical (unpaired) electrons. The van der Waals surface area contributed by atoms with Crippen LogP contribution in [0.4, 0.5) is 17.6 Å². The third-order valence-corrected chi connectivity index (χ3v) is 3.19. The predicted octanol–water partition coefficient (Wildman–Crippen LogP) is 3.40. The molecule has 0 unspecified atom stereocenters. The highest BCUT2D eigenvalue weighted by atomic mass is 32.2. The van der Waals surface area contributed by atoms with Gasteiger partial charge >= 0.3 is 12.3 Å². The van der Waals surface area contributed by atoms with E-state index in [1.807, 2.05) is 0 Å². The SMILES string of the molecule is CNCc1ccc(SCC(F)(F)C(F)F)cc1. The molecule has 6 heteroatoms. The van der Waals surface area contributed by atoms with Gasteiger partial charge < -0.3 is 5.32 Å². The van der Waals surface area contributed by atoms with Crippen LogP contribution in [-0.4, -0.2) is 25.1 Å². The normalized spacial score (nSPS) is 12.1. The lowest BCUT2D eigenvalue weighted by atomic mass is 10.2. The second-order valence-electron chi connectivity index (χ2n) is 3.52. The first-order chi connectivity index (χ1) is 7.95. The number of benzene rings is 1. The molecule has 0 aromatic heterocycles. The van der Waals surface area contributed by atoms with Gasteiger partial charge in [-0.3, -0.25) is 0 Å². The molecular weight excluding hydrogens is 254 g/mol. The van der Waals surface area contributed by atoms with E-state index < -0.39 is 18.1 Å². The van der Waals surface area contributed by atoms with Crippen LogP contribution in [0, 0.1) is 0 Å². The van der Waals surface area contributed by atoms with Crippen molar-refractivity contribution in [3.63, 3.8) is 0 Å². The fourth-order valence-electron chi connectivity index (χ4n) is 1.15. The van der Waals surface area contributed by atoms with E-state index in [0.29, 0.717) is 11.4 Å². The highest BCUT2D eigenvalue weighted by Crippen LogP contribution is 2.30. The minimum atomic E-state index is -3.94. The number of alkyl halides is 4. The van der Waals surface area contributed by atoms with Crippen molar-refractivity contribution >= 4 is 11.8 Å². The Hall–Kier alpha value is -0.750. The maximum absolute atomic E-state index is 12.7. The van der Waals surface area contributed by atoms with Crippen molar-refractivity contribution in [3.8, 4) is 0 Å². The number of hydrogen-bond acceptors (Lipinski definition) is 2. The van der Waals surface area contributed by atoms with Gasteiger partial charge in [0.05, 0.1) is 5.75 Å². The van der Waals surface area contributed by atoms with Crippen molar-refractivity contribution in [1.29, 1.82) is 0 Å². The molecule has 96 valence electrons. The zero-order chi connectivity index (χ0) is 12.9. The van der Waals surface area contributed by atoms with Crippen molar-refractivity contribution in [2.24, 2.45) is 0 Å². The fourth-order valence-corrected chi connectivity index (χ4v) is 1.96. The van der Waals surface area contributed by atoms with Gasteiger partial charge in [0, 0.05) is 11.4 Å². The molecular formula is C11H13F4NS. The summed E-state index contributed by atoms with van der Waals surface area (Å²) >= 11 is 0.732. The minimum absolute atomic E-state index is 0.560. The lowest BCUT2D eigenvalue weighted by Crippen LogP contribution is -2.29. The van der Waals surface area contributed by atoms with Crippen molar-refractivity contribution in [2.75, 3.05) is 12.8 Å². The summed E-state index contributed by atoms with van der Waals surface area (Å²) in [5.74, 6) is -4.84. The highest BCUT2D eigenvalue weighted by molar-refractivity contribution is 7.99. The summed E-state index contributed by atoms with van der Waals surface area (Å²) in [6, 6.07) is 6.86. The Labute approximate surface area is 102 Å². The van der Waals surface area contributed by atoms with Crippen LogP contribution in [0.3, 0.4) is 0 Å². The molecule has 17 heavy (non-hydrogen) atoms. The summed E-state index contributed by atoms with van der Waals surface area (Å²) < 4.78 is 49.1. The summed E-state index contributed by atoms with van der Waals surface area (Å²) in [7, 11) is 1.80. The van der Waals surface area contributed by atoms with E-state index in [4.69, 9.17) is 0 Å². The first kappa shape index (κ1) is 14.3.